The van der Waals surface area contributed by atoms with Gasteiger partial charge in [-0.25, -0.2) is 0 Å². The van der Waals surface area contributed by atoms with Gasteiger partial charge in [0.1, 0.15) is 0 Å². The molecule has 1 nitrogen and oxygen atoms in total. The summed E-state index contributed by atoms with van der Waals surface area (Å²) in [7, 11) is 0. The Morgan fingerprint density at radius 3 is 2.64 bits per heavy atom. The molecular formula is C9H13NS. The average Bonchev–Trinajstić information content (AvgIpc) is 2.33. The topological polar surface area (TPSA) is 26.0 Å². The van der Waals surface area contributed by atoms with Crippen molar-refractivity contribution in [3.63, 3.8) is 0 Å². The van der Waals surface area contributed by atoms with Gasteiger partial charge in [-0.2, -0.15) is 11.3 Å². The quantitative estimate of drug-likeness (QED) is 0.673. The Kier molecular flexibility index (Phi) is 2.47. The van der Waals surface area contributed by atoms with E-state index < -0.39 is 0 Å². The van der Waals surface area contributed by atoms with Gasteiger partial charge in [-0.05, 0) is 35.7 Å². The fourth-order valence-corrected chi connectivity index (χ4v) is 1.84. The lowest BCUT2D eigenvalue weighted by molar-refractivity contribution is 0.848. The summed E-state index contributed by atoms with van der Waals surface area (Å²) in [6, 6.07) is 0.0150. The predicted molar refractivity (Wildman–Crippen MR) is 50.8 cm³/mol. The van der Waals surface area contributed by atoms with Gasteiger partial charge in [-0.1, -0.05) is 12.2 Å². The molecule has 0 aliphatic rings. The van der Waals surface area contributed by atoms with Crippen LogP contribution in [-0.2, 0) is 0 Å². The van der Waals surface area contributed by atoms with Crippen molar-refractivity contribution >= 4 is 11.3 Å². The highest BCUT2D eigenvalue weighted by atomic mass is 32.1. The van der Waals surface area contributed by atoms with E-state index in [4.69, 9.17) is 5.73 Å². The number of hydrogen-bond donors (Lipinski definition) is 1. The van der Waals surface area contributed by atoms with E-state index in [1.54, 1.807) is 11.3 Å². The number of thiophene rings is 1. The van der Waals surface area contributed by atoms with E-state index >= 15 is 0 Å². The van der Waals surface area contributed by atoms with Gasteiger partial charge in [-0.3, -0.25) is 0 Å². The van der Waals surface area contributed by atoms with Crippen LogP contribution in [0.15, 0.2) is 22.9 Å². The maximum atomic E-state index is 5.89. The smallest absolute Gasteiger partial charge is 0.0516 e. The molecule has 0 aliphatic heterocycles. The van der Waals surface area contributed by atoms with Gasteiger partial charge < -0.3 is 5.73 Å². The third kappa shape index (κ3) is 1.70. The van der Waals surface area contributed by atoms with E-state index in [0.717, 1.165) is 5.57 Å². The molecule has 0 saturated heterocycles. The van der Waals surface area contributed by atoms with Crippen molar-refractivity contribution in [2.24, 2.45) is 5.73 Å². The van der Waals surface area contributed by atoms with Gasteiger partial charge in [0.05, 0.1) is 6.04 Å². The van der Waals surface area contributed by atoms with Crippen molar-refractivity contribution in [3.05, 3.63) is 34.0 Å². The molecule has 0 amide bonds. The van der Waals surface area contributed by atoms with Gasteiger partial charge in [0.15, 0.2) is 0 Å². The van der Waals surface area contributed by atoms with E-state index in [2.05, 4.69) is 24.3 Å². The predicted octanol–water partition coefficient (Wildman–Crippen LogP) is 2.63. The number of rotatable bonds is 2. The van der Waals surface area contributed by atoms with Crippen molar-refractivity contribution in [2.45, 2.75) is 19.9 Å². The summed E-state index contributed by atoms with van der Waals surface area (Å²) in [4.78, 5) is 0. The summed E-state index contributed by atoms with van der Waals surface area (Å²) >= 11 is 1.69. The summed E-state index contributed by atoms with van der Waals surface area (Å²) in [6.07, 6.45) is 0. The van der Waals surface area contributed by atoms with Crippen LogP contribution in [0.4, 0.5) is 0 Å². The largest absolute Gasteiger partial charge is 0.321 e. The molecule has 1 rings (SSSR count). The first-order valence-corrected chi connectivity index (χ1v) is 4.51. The highest BCUT2D eigenvalue weighted by molar-refractivity contribution is 7.08. The molecule has 0 aromatic carbocycles. The Labute approximate surface area is 71.5 Å². The van der Waals surface area contributed by atoms with E-state index in [1.807, 2.05) is 6.92 Å². The second-order valence-corrected chi connectivity index (χ2v) is 3.58. The van der Waals surface area contributed by atoms with E-state index in [1.165, 1.54) is 11.1 Å². The van der Waals surface area contributed by atoms with E-state index in [0.29, 0.717) is 0 Å². The van der Waals surface area contributed by atoms with Crippen LogP contribution in [0.3, 0.4) is 0 Å². The standard InChI is InChI=1S/C9H13NS/c1-6(2)9(10)8-5-11-4-7(8)3/h4-5,9H,1,10H2,2-3H3. The van der Waals surface area contributed by atoms with Crippen LogP contribution in [-0.4, -0.2) is 0 Å². The average molecular weight is 167 g/mol. The van der Waals surface area contributed by atoms with Gasteiger partial charge in [-0.15, -0.1) is 0 Å². The second kappa shape index (κ2) is 3.20. The van der Waals surface area contributed by atoms with Crippen LogP contribution < -0.4 is 5.73 Å². The molecule has 1 unspecified atom stereocenters. The molecule has 0 radical (unpaired) electrons. The minimum Gasteiger partial charge on any atom is -0.321 e. The Bertz CT molecular complexity index is 262. The van der Waals surface area contributed by atoms with Crippen molar-refractivity contribution in [1.82, 2.24) is 0 Å². The lowest BCUT2D eigenvalue weighted by Crippen LogP contribution is -2.10. The fraction of sp³-hybridized carbons (Fsp3) is 0.333. The van der Waals surface area contributed by atoms with Crippen LogP contribution in [0.1, 0.15) is 24.1 Å². The molecule has 1 aromatic heterocycles. The highest BCUT2D eigenvalue weighted by Crippen LogP contribution is 2.23. The van der Waals surface area contributed by atoms with Gasteiger partial charge in [0.2, 0.25) is 0 Å². The first-order chi connectivity index (χ1) is 5.13. The number of hydrogen-bond acceptors (Lipinski definition) is 2. The Balaban J connectivity index is 2.92. The highest BCUT2D eigenvalue weighted by Gasteiger charge is 2.09. The van der Waals surface area contributed by atoms with Crippen LogP contribution in [0.2, 0.25) is 0 Å². The lowest BCUT2D eigenvalue weighted by atomic mass is 10.0. The molecule has 0 bridgehead atoms. The molecular weight excluding hydrogens is 154 g/mol. The molecule has 0 fully saturated rings. The van der Waals surface area contributed by atoms with Crippen molar-refractivity contribution in [3.8, 4) is 0 Å². The molecule has 1 atom stereocenters. The Morgan fingerprint density at radius 2 is 2.27 bits per heavy atom. The monoisotopic (exact) mass is 167 g/mol. The SMILES string of the molecule is C=C(C)C(N)c1cscc1C. The third-order valence-electron chi connectivity index (χ3n) is 1.76. The van der Waals surface area contributed by atoms with Crippen molar-refractivity contribution < 1.29 is 0 Å². The van der Waals surface area contributed by atoms with Crippen LogP contribution >= 0.6 is 11.3 Å². The third-order valence-corrected chi connectivity index (χ3v) is 2.64. The van der Waals surface area contributed by atoms with E-state index in [-0.39, 0.29) is 6.04 Å². The fourth-order valence-electron chi connectivity index (χ4n) is 0.954. The summed E-state index contributed by atoms with van der Waals surface area (Å²) in [5, 5.41) is 4.20. The van der Waals surface area contributed by atoms with Gasteiger partial charge in [0, 0.05) is 0 Å². The zero-order valence-corrected chi connectivity index (χ0v) is 7.74. The summed E-state index contributed by atoms with van der Waals surface area (Å²) < 4.78 is 0. The van der Waals surface area contributed by atoms with Gasteiger partial charge >= 0.3 is 0 Å². The lowest BCUT2D eigenvalue weighted by Gasteiger charge is -2.10. The summed E-state index contributed by atoms with van der Waals surface area (Å²) in [5.74, 6) is 0. The Morgan fingerprint density at radius 1 is 1.64 bits per heavy atom. The number of aryl methyl sites for hydroxylation is 1. The molecule has 0 aliphatic carbocycles. The molecule has 2 heteroatoms. The molecule has 60 valence electrons. The normalized spacial score (nSPS) is 13.0. The molecule has 11 heavy (non-hydrogen) atoms. The molecule has 1 aromatic rings. The summed E-state index contributed by atoms with van der Waals surface area (Å²) in [5.41, 5.74) is 9.39. The zero-order chi connectivity index (χ0) is 8.43. The molecule has 2 N–H and O–H groups in total. The minimum atomic E-state index is 0.0150. The first-order valence-electron chi connectivity index (χ1n) is 3.56. The molecule has 1 heterocycles. The minimum absolute atomic E-state index is 0.0150. The first kappa shape index (κ1) is 8.50. The van der Waals surface area contributed by atoms with Crippen molar-refractivity contribution in [2.75, 3.05) is 0 Å². The molecule has 0 saturated carbocycles. The Hall–Kier alpha value is -0.600. The van der Waals surface area contributed by atoms with Crippen LogP contribution in [0, 0.1) is 6.92 Å². The zero-order valence-electron chi connectivity index (χ0n) is 6.92. The van der Waals surface area contributed by atoms with Crippen LogP contribution in [0.25, 0.3) is 0 Å². The van der Waals surface area contributed by atoms with Crippen LogP contribution in [0.5, 0.6) is 0 Å². The maximum Gasteiger partial charge on any atom is 0.0516 e. The number of nitrogens with two attached hydrogens (primary N) is 1. The van der Waals surface area contributed by atoms with E-state index in [9.17, 15) is 0 Å². The molecule has 0 spiro atoms. The van der Waals surface area contributed by atoms with Crippen molar-refractivity contribution in [1.29, 1.82) is 0 Å². The second-order valence-electron chi connectivity index (χ2n) is 2.83. The van der Waals surface area contributed by atoms with Gasteiger partial charge in [0.25, 0.3) is 0 Å². The maximum absolute atomic E-state index is 5.89. The summed E-state index contributed by atoms with van der Waals surface area (Å²) in [6.45, 7) is 7.87.